The first-order valence-electron chi connectivity index (χ1n) is 3.90. The molecule has 0 aliphatic rings. The summed E-state index contributed by atoms with van der Waals surface area (Å²) in [4.78, 5) is 0. The SMILES string of the molecule is OCCCc1c(F)ccc(F)c1F. The number of halogens is 3. The van der Waals surface area contributed by atoms with Gasteiger partial charge in [0, 0.05) is 12.2 Å². The van der Waals surface area contributed by atoms with Gasteiger partial charge < -0.3 is 5.11 Å². The number of aliphatic hydroxyl groups excluding tert-OH is 1. The minimum atomic E-state index is -1.16. The molecular weight excluding hydrogens is 181 g/mol. The molecule has 0 amide bonds. The van der Waals surface area contributed by atoms with Crippen molar-refractivity contribution in [1.82, 2.24) is 0 Å². The lowest BCUT2D eigenvalue weighted by atomic mass is 10.1. The van der Waals surface area contributed by atoms with E-state index in [-0.39, 0.29) is 25.0 Å². The number of hydrogen-bond donors (Lipinski definition) is 1. The van der Waals surface area contributed by atoms with E-state index < -0.39 is 17.5 Å². The van der Waals surface area contributed by atoms with E-state index in [1.165, 1.54) is 0 Å². The van der Waals surface area contributed by atoms with E-state index in [0.29, 0.717) is 0 Å². The second-order valence-corrected chi connectivity index (χ2v) is 2.65. The predicted octanol–water partition coefficient (Wildman–Crippen LogP) is 2.03. The summed E-state index contributed by atoms with van der Waals surface area (Å²) in [5.74, 6) is -2.99. The van der Waals surface area contributed by atoms with Crippen molar-refractivity contribution in [2.75, 3.05) is 6.61 Å². The Morgan fingerprint density at radius 2 is 1.69 bits per heavy atom. The zero-order chi connectivity index (χ0) is 9.84. The van der Waals surface area contributed by atoms with Crippen LogP contribution in [0.1, 0.15) is 12.0 Å². The van der Waals surface area contributed by atoms with Crippen molar-refractivity contribution < 1.29 is 18.3 Å². The van der Waals surface area contributed by atoms with Crippen molar-refractivity contribution >= 4 is 0 Å². The van der Waals surface area contributed by atoms with Crippen LogP contribution in [0.15, 0.2) is 12.1 Å². The number of rotatable bonds is 3. The van der Waals surface area contributed by atoms with Gasteiger partial charge in [-0.3, -0.25) is 0 Å². The van der Waals surface area contributed by atoms with Gasteiger partial charge in [-0.15, -0.1) is 0 Å². The summed E-state index contributed by atoms with van der Waals surface area (Å²) in [6, 6.07) is 1.62. The quantitative estimate of drug-likeness (QED) is 0.723. The number of hydrogen-bond acceptors (Lipinski definition) is 1. The summed E-state index contributed by atoms with van der Waals surface area (Å²) in [5, 5.41) is 8.44. The van der Waals surface area contributed by atoms with Crippen molar-refractivity contribution in [2.45, 2.75) is 12.8 Å². The maximum Gasteiger partial charge on any atom is 0.164 e. The summed E-state index contributed by atoms with van der Waals surface area (Å²) in [6.45, 7) is -0.171. The fourth-order valence-electron chi connectivity index (χ4n) is 1.05. The van der Waals surface area contributed by atoms with Crippen molar-refractivity contribution in [2.24, 2.45) is 0 Å². The van der Waals surface area contributed by atoms with Crippen LogP contribution in [-0.2, 0) is 6.42 Å². The van der Waals surface area contributed by atoms with Crippen LogP contribution in [0.5, 0.6) is 0 Å². The molecule has 0 aliphatic carbocycles. The average Bonchev–Trinajstić information content (AvgIpc) is 2.12. The Morgan fingerprint density at radius 1 is 1.08 bits per heavy atom. The Labute approximate surface area is 73.8 Å². The van der Waals surface area contributed by atoms with E-state index in [4.69, 9.17) is 5.11 Å². The average molecular weight is 190 g/mol. The van der Waals surface area contributed by atoms with E-state index in [1.807, 2.05) is 0 Å². The zero-order valence-electron chi connectivity index (χ0n) is 6.86. The highest BCUT2D eigenvalue weighted by atomic mass is 19.2. The van der Waals surface area contributed by atoms with E-state index in [2.05, 4.69) is 0 Å². The van der Waals surface area contributed by atoms with Crippen LogP contribution in [0.4, 0.5) is 13.2 Å². The maximum atomic E-state index is 12.9. The Balaban J connectivity index is 2.96. The van der Waals surface area contributed by atoms with E-state index >= 15 is 0 Å². The third-order valence-corrected chi connectivity index (χ3v) is 1.72. The number of benzene rings is 1. The summed E-state index contributed by atoms with van der Waals surface area (Å²) < 4.78 is 38.3. The molecule has 0 bridgehead atoms. The molecule has 0 saturated carbocycles. The van der Waals surface area contributed by atoms with Crippen molar-refractivity contribution in [1.29, 1.82) is 0 Å². The van der Waals surface area contributed by atoms with Gasteiger partial charge >= 0.3 is 0 Å². The van der Waals surface area contributed by atoms with E-state index in [9.17, 15) is 13.2 Å². The third kappa shape index (κ3) is 2.21. The minimum Gasteiger partial charge on any atom is -0.396 e. The van der Waals surface area contributed by atoms with Crippen molar-refractivity contribution in [3.05, 3.63) is 35.1 Å². The molecule has 0 aliphatic heterocycles. The molecule has 1 aromatic carbocycles. The van der Waals surface area contributed by atoms with Gasteiger partial charge in [0.2, 0.25) is 0 Å². The van der Waals surface area contributed by atoms with Crippen LogP contribution in [0.3, 0.4) is 0 Å². The predicted molar refractivity (Wildman–Crippen MR) is 41.7 cm³/mol. The lowest BCUT2D eigenvalue weighted by Gasteiger charge is -2.03. The van der Waals surface area contributed by atoms with Crippen LogP contribution >= 0.6 is 0 Å². The minimum absolute atomic E-state index is 0.00588. The van der Waals surface area contributed by atoms with Gasteiger partial charge in [-0.2, -0.15) is 0 Å². The first kappa shape index (κ1) is 10.1. The van der Waals surface area contributed by atoms with Gasteiger partial charge in [0.25, 0.3) is 0 Å². The van der Waals surface area contributed by atoms with Crippen LogP contribution in [0.25, 0.3) is 0 Å². The Hall–Kier alpha value is -1.03. The molecule has 0 atom stereocenters. The Bertz CT molecular complexity index is 299. The molecule has 0 heterocycles. The molecule has 13 heavy (non-hydrogen) atoms. The molecule has 72 valence electrons. The second kappa shape index (κ2) is 4.28. The third-order valence-electron chi connectivity index (χ3n) is 1.72. The zero-order valence-corrected chi connectivity index (χ0v) is 6.86. The van der Waals surface area contributed by atoms with Gasteiger partial charge in [-0.05, 0) is 25.0 Å². The smallest absolute Gasteiger partial charge is 0.164 e. The van der Waals surface area contributed by atoms with Crippen LogP contribution < -0.4 is 0 Å². The largest absolute Gasteiger partial charge is 0.396 e. The molecule has 0 fully saturated rings. The molecular formula is C9H9F3O. The van der Waals surface area contributed by atoms with E-state index in [0.717, 1.165) is 12.1 Å². The van der Waals surface area contributed by atoms with Crippen molar-refractivity contribution in [3.63, 3.8) is 0 Å². The Kier molecular flexibility index (Phi) is 3.31. The molecule has 1 rings (SSSR count). The monoisotopic (exact) mass is 190 g/mol. The molecule has 4 heteroatoms. The van der Waals surface area contributed by atoms with Crippen molar-refractivity contribution in [3.8, 4) is 0 Å². The fourth-order valence-corrected chi connectivity index (χ4v) is 1.05. The van der Waals surface area contributed by atoms with Gasteiger partial charge in [0.1, 0.15) is 5.82 Å². The molecule has 0 radical (unpaired) electrons. The first-order valence-corrected chi connectivity index (χ1v) is 3.90. The summed E-state index contributed by atoms with van der Waals surface area (Å²) in [5.41, 5.74) is -0.297. The summed E-state index contributed by atoms with van der Waals surface area (Å²) >= 11 is 0. The van der Waals surface area contributed by atoms with Gasteiger partial charge in [-0.25, -0.2) is 13.2 Å². The van der Waals surface area contributed by atoms with Gasteiger partial charge in [0.05, 0.1) is 0 Å². The lowest BCUT2D eigenvalue weighted by molar-refractivity contribution is 0.287. The maximum absolute atomic E-state index is 12.9. The highest BCUT2D eigenvalue weighted by Crippen LogP contribution is 2.16. The first-order chi connectivity index (χ1) is 6.16. The molecule has 0 aromatic heterocycles. The second-order valence-electron chi connectivity index (χ2n) is 2.65. The lowest BCUT2D eigenvalue weighted by Crippen LogP contribution is -2.00. The topological polar surface area (TPSA) is 20.2 Å². The number of aliphatic hydroxyl groups is 1. The van der Waals surface area contributed by atoms with Gasteiger partial charge in [0.15, 0.2) is 11.6 Å². The summed E-state index contributed by atoms with van der Waals surface area (Å²) in [6.07, 6.45) is 0.225. The van der Waals surface area contributed by atoms with Crippen LogP contribution in [-0.4, -0.2) is 11.7 Å². The van der Waals surface area contributed by atoms with Crippen LogP contribution in [0.2, 0.25) is 0 Å². The molecule has 0 unspecified atom stereocenters. The fraction of sp³-hybridized carbons (Fsp3) is 0.333. The molecule has 1 aromatic rings. The molecule has 1 N–H and O–H groups in total. The molecule has 0 spiro atoms. The molecule has 1 nitrogen and oxygen atoms in total. The normalized spacial score (nSPS) is 10.5. The van der Waals surface area contributed by atoms with E-state index in [1.54, 1.807) is 0 Å². The van der Waals surface area contributed by atoms with Gasteiger partial charge in [-0.1, -0.05) is 0 Å². The summed E-state index contributed by atoms with van der Waals surface area (Å²) in [7, 11) is 0. The van der Waals surface area contributed by atoms with Crippen LogP contribution in [0, 0.1) is 17.5 Å². The molecule has 0 saturated heterocycles. The highest BCUT2D eigenvalue weighted by molar-refractivity contribution is 5.21. The highest BCUT2D eigenvalue weighted by Gasteiger charge is 2.12. The Morgan fingerprint density at radius 3 is 2.31 bits per heavy atom. The standard InChI is InChI=1S/C9H9F3O/c10-7-3-4-8(11)9(12)6(7)2-1-5-13/h3-4,13H,1-2,5H2.